The molecule has 0 radical (unpaired) electrons. The molecule has 9 heteroatoms. The van der Waals surface area contributed by atoms with E-state index in [1.807, 2.05) is 14.0 Å². The molecule has 2 N–H and O–H groups in total. The van der Waals surface area contributed by atoms with Gasteiger partial charge in [-0.1, -0.05) is 0 Å². The predicted molar refractivity (Wildman–Crippen MR) is 100 cm³/mol. The average molecular weight is 366 g/mol. The van der Waals surface area contributed by atoms with Gasteiger partial charge in [-0.25, -0.2) is 4.98 Å². The summed E-state index contributed by atoms with van der Waals surface area (Å²) in [5.74, 6) is 0.751. The Bertz CT molecular complexity index is 924. The Morgan fingerprint density at radius 1 is 1.26 bits per heavy atom. The van der Waals surface area contributed by atoms with Crippen LogP contribution in [0.2, 0.25) is 0 Å². The van der Waals surface area contributed by atoms with E-state index < -0.39 is 0 Å². The van der Waals surface area contributed by atoms with Crippen LogP contribution in [-0.4, -0.2) is 55.0 Å². The standard InChI is InChI=1S/C18H22N8O/c1-12-14(10-21-25(12)2)15-9-16(24-23-15)18(27)22-13-3-7-26(8-4-13)17-11-19-5-6-20-17/h5-6,9-11,13H,3-4,7-8H2,1-2H3,(H,22,27)(H,23,24). The number of amides is 1. The van der Waals surface area contributed by atoms with Gasteiger partial charge in [0.05, 0.1) is 18.1 Å². The Labute approximate surface area is 156 Å². The Kier molecular flexibility index (Phi) is 4.57. The van der Waals surface area contributed by atoms with Crippen LogP contribution in [0.1, 0.15) is 29.0 Å². The minimum absolute atomic E-state index is 0.131. The summed E-state index contributed by atoms with van der Waals surface area (Å²) in [6.07, 6.45) is 8.63. The lowest BCUT2D eigenvalue weighted by atomic mass is 10.0. The number of aromatic nitrogens is 6. The highest BCUT2D eigenvalue weighted by Crippen LogP contribution is 2.21. The summed E-state index contributed by atoms with van der Waals surface area (Å²) >= 11 is 0. The van der Waals surface area contributed by atoms with Crippen molar-refractivity contribution in [3.05, 3.63) is 42.2 Å². The monoisotopic (exact) mass is 366 g/mol. The van der Waals surface area contributed by atoms with Crippen molar-refractivity contribution in [2.45, 2.75) is 25.8 Å². The first-order chi connectivity index (χ1) is 13.1. The second kappa shape index (κ2) is 7.18. The van der Waals surface area contributed by atoms with E-state index in [0.717, 1.165) is 48.7 Å². The third-order valence-corrected chi connectivity index (χ3v) is 5.04. The number of aromatic amines is 1. The van der Waals surface area contributed by atoms with Crippen molar-refractivity contribution in [3.63, 3.8) is 0 Å². The molecule has 3 aromatic rings. The van der Waals surface area contributed by atoms with Crippen molar-refractivity contribution in [3.8, 4) is 11.3 Å². The summed E-state index contributed by atoms with van der Waals surface area (Å²) in [6, 6.07) is 1.91. The number of anilines is 1. The van der Waals surface area contributed by atoms with Crippen LogP contribution in [-0.2, 0) is 7.05 Å². The summed E-state index contributed by atoms with van der Waals surface area (Å²) in [5, 5.41) is 14.4. The first-order valence-electron chi connectivity index (χ1n) is 8.98. The molecule has 0 aromatic carbocycles. The summed E-state index contributed by atoms with van der Waals surface area (Å²) < 4.78 is 1.79. The SMILES string of the molecule is Cc1c(-c2cc(C(=O)NC3CCN(c4cnccn4)CC3)[nH]n2)cnn1C. The fourth-order valence-electron chi connectivity index (χ4n) is 3.30. The molecular formula is C18H22N8O. The minimum atomic E-state index is -0.131. The van der Waals surface area contributed by atoms with Crippen LogP contribution in [0.25, 0.3) is 11.3 Å². The molecule has 0 saturated carbocycles. The van der Waals surface area contributed by atoms with Crippen LogP contribution >= 0.6 is 0 Å². The fourth-order valence-corrected chi connectivity index (χ4v) is 3.30. The van der Waals surface area contributed by atoms with Gasteiger partial charge in [0.1, 0.15) is 11.5 Å². The smallest absolute Gasteiger partial charge is 0.269 e. The highest BCUT2D eigenvalue weighted by molar-refractivity contribution is 5.93. The van der Waals surface area contributed by atoms with E-state index in [0.29, 0.717) is 5.69 Å². The molecule has 1 aliphatic rings. The molecule has 0 atom stereocenters. The normalized spacial score (nSPS) is 15.1. The van der Waals surface area contributed by atoms with Gasteiger partial charge in [-0.05, 0) is 25.8 Å². The molecule has 27 heavy (non-hydrogen) atoms. The number of rotatable bonds is 4. The molecule has 1 fully saturated rings. The molecule has 0 spiro atoms. The van der Waals surface area contributed by atoms with Crippen LogP contribution in [0.15, 0.2) is 30.9 Å². The van der Waals surface area contributed by atoms with Gasteiger partial charge in [0.2, 0.25) is 0 Å². The quantitative estimate of drug-likeness (QED) is 0.721. The summed E-state index contributed by atoms with van der Waals surface area (Å²) in [6.45, 7) is 3.65. The van der Waals surface area contributed by atoms with Crippen molar-refractivity contribution < 1.29 is 4.79 Å². The zero-order valence-electron chi connectivity index (χ0n) is 15.4. The highest BCUT2D eigenvalue weighted by Gasteiger charge is 2.23. The van der Waals surface area contributed by atoms with E-state index in [1.165, 1.54) is 0 Å². The molecule has 0 aliphatic carbocycles. The zero-order chi connectivity index (χ0) is 18.8. The van der Waals surface area contributed by atoms with Gasteiger partial charge in [-0.2, -0.15) is 10.2 Å². The van der Waals surface area contributed by atoms with Crippen molar-refractivity contribution in [2.75, 3.05) is 18.0 Å². The first-order valence-corrected chi connectivity index (χ1v) is 8.98. The number of piperidine rings is 1. The number of H-pyrrole nitrogens is 1. The molecule has 0 unspecified atom stereocenters. The molecule has 140 valence electrons. The van der Waals surface area contributed by atoms with Gasteiger partial charge < -0.3 is 10.2 Å². The van der Waals surface area contributed by atoms with Crippen molar-refractivity contribution in [1.82, 2.24) is 35.3 Å². The third kappa shape index (κ3) is 3.53. The van der Waals surface area contributed by atoms with Gasteiger partial charge in [-0.15, -0.1) is 0 Å². The number of nitrogens with zero attached hydrogens (tertiary/aromatic N) is 6. The van der Waals surface area contributed by atoms with Gasteiger partial charge >= 0.3 is 0 Å². The third-order valence-electron chi connectivity index (χ3n) is 5.04. The fraction of sp³-hybridized carbons (Fsp3) is 0.389. The maximum absolute atomic E-state index is 12.6. The Balaban J connectivity index is 1.36. The van der Waals surface area contributed by atoms with E-state index in [9.17, 15) is 4.79 Å². The van der Waals surface area contributed by atoms with Gasteiger partial charge in [0.15, 0.2) is 0 Å². The molecular weight excluding hydrogens is 344 g/mol. The molecule has 4 heterocycles. The van der Waals surface area contributed by atoms with Crippen LogP contribution in [0.3, 0.4) is 0 Å². The second-order valence-electron chi connectivity index (χ2n) is 6.73. The maximum Gasteiger partial charge on any atom is 0.269 e. The minimum Gasteiger partial charge on any atom is -0.355 e. The second-order valence-corrected chi connectivity index (χ2v) is 6.73. The van der Waals surface area contributed by atoms with E-state index in [2.05, 4.69) is 35.5 Å². The number of carbonyl (C=O) groups is 1. The first kappa shape index (κ1) is 17.2. The van der Waals surface area contributed by atoms with Crippen LogP contribution < -0.4 is 10.2 Å². The molecule has 0 bridgehead atoms. The van der Waals surface area contributed by atoms with Gasteiger partial charge in [0.25, 0.3) is 5.91 Å². The number of hydrogen-bond donors (Lipinski definition) is 2. The van der Waals surface area contributed by atoms with Gasteiger partial charge in [0, 0.05) is 49.8 Å². The average Bonchev–Trinajstić information content (AvgIpc) is 3.31. The summed E-state index contributed by atoms with van der Waals surface area (Å²) in [7, 11) is 1.88. The number of hydrogen-bond acceptors (Lipinski definition) is 6. The summed E-state index contributed by atoms with van der Waals surface area (Å²) in [5.41, 5.74) is 3.11. The van der Waals surface area contributed by atoms with E-state index >= 15 is 0 Å². The number of carbonyl (C=O) groups excluding carboxylic acids is 1. The highest BCUT2D eigenvalue weighted by atomic mass is 16.2. The van der Waals surface area contributed by atoms with Crippen molar-refractivity contribution in [1.29, 1.82) is 0 Å². The van der Waals surface area contributed by atoms with Crippen LogP contribution in [0, 0.1) is 6.92 Å². The Hall–Kier alpha value is -3.23. The molecule has 1 saturated heterocycles. The lowest BCUT2D eigenvalue weighted by Gasteiger charge is -2.32. The number of nitrogens with one attached hydrogen (secondary N) is 2. The molecule has 1 aliphatic heterocycles. The molecule has 3 aromatic heterocycles. The molecule has 9 nitrogen and oxygen atoms in total. The van der Waals surface area contributed by atoms with Crippen LogP contribution in [0.5, 0.6) is 0 Å². The number of aryl methyl sites for hydroxylation is 1. The lowest BCUT2D eigenvalue weighted by Crippen LogP contribution is -2.45. The van der Waals surface area contributed by atoms with E-state index in [4.69, 9.17) is 0 Å². The van der Waals surface area contributed by atoms with E-state index in [-0.39, 0.29) is 11.9 Å². The Morgan fingerprint density at radius 3 is 2.74 bits per heavy atom. The van der Waals surface area contributed by atoms with Crippen LogP contribution in [0.4, 0.5) is 5.82 Å². The van der Waals surface area contributed by atoms with Crippen molar-refractivity contribution in [2.24, 2.45) is 7.05 Å². The van der Waals surface area contributed by atoms with E-state index in [1.54, 1.807) is 35.5 Å². The maximum atomic E-state index is 12.6. The molecule has 1 amide bonds. The zero-order valence-corrected chi connectivity index (χ0v) is 15.4. The lowest BCUT2D eigenvalue weighted by molar-refractivity contribution is 0.0926. The summed E-state index contributed by atoms with van der Waals surface area (Å²) in [4.78, 5) is 23.2. The topological polar surface area (TPSA) is 105 Å². The largest absolute Gasteiger partial charge is 0.355 e. The predicted octanol–water partition coefficient (Wildman–Crippen LogP) is 1.31. The molecule has 4 rings (SSSR count). The Morgan fingerprint density at radius 2 is 2.07 bits per heavy atom. The van der Waals surface area contributed by atoms with Crippen molar-refractivity contribution >= 4 is 11.7 Å². The van der Waals surface area contributed by atoms with Gasteiger partial charge in [-0.3, -0.25) is 19.6 Å².